The highest BCUT2D eigenvalue weighted by atomic mass is 35.5. The van der Waals surface area contributed by atoms with Gasteiger partial charge in [-0.25, -0.2) is 13.1 Å². The lowest BCUT2D eigenvalue weighted by molar-refractivity contribution is 0.391. The summed E-state index contributed by atoms with van der Waals surface area (Å²) in [6, 6.07) is 4.71. The van der Waals surface area contributed by atoms with Crippen LogP contribution in [0.5, 0.6) is 0 Å². The van der Waals surface area contributed by atoms with Crippen LogP contribution in [0.3, 0.4) is 0 Å². The maximum Gasteiger partial charge on any atom is 0.240 e. The molecule has 1 aromatic rings. The summed E-state index contributed by atoms with van der Waals surface area (Å²) >= 11 is 5.83. The largest absolute Gasteiger partial charge is 0.324 e. The van der Waals surface area contributed by atoms with Gasteiger partial charge in [-0.1, -0.05) is 25.4 Å². The van der Waals surface area contributed by atoms with Crippen LogP contribution in [0.25, 0.3) is 0 Å². The van der Waals surface area contributed by atoms with Gasteiger partial charge < -0.3 is 5.73 Å². The molecule has 0 saturated heterocycles. The Kier molecular flexibility index (Phi) is 7.49. The zero-order valence-corrected chi connectivity index (χ0v) is 14.3. The Morgan fingerprint density at radius 1 is 1.30 bits per heavy atom. The zero-order valence-electron chi connectivity index (χ0n) is 11.9. The standard InChI is InChI=1S/C13H21ClN2O2S.ClH/c1-4-13(15,5-2)9-16-19(17,18)12-7-6-11(14)8-10(12)3;/h6-8,16H,4-5,9,15H2,1-3H3;1H. The summed E-state index contributed by atoms with van der Waals surface area (Å²) < 4.78 is 27.0. The minimum atomic E-state index is -3.55. The van der Waals surface area contributed by atoms with Gasteiger partial charge in [0.25, 0.3) is 0 Å². The molecule has 0 spiro atoms. The molecule has 7 heteroatoms. The Labute approximate surface area is 132 Å². The van der Waals surface area contributed by atoms with E-state index in [1.165, 1.54) is 6.07 Å². The molecule has 1 aromatic carbocycles. The van der Waals surface area contributed by atoms with Crippen LogP contribution >= 0.6 is 24.0 Å². The molecular formula is C13H22Cl2N2O2S. The van der Waals surface area contributed by atoms with E-state index in [2.05, 4.69) is 4.72 Å². The highest BCUT2D eigenvalue weighted by Crippen LogP contribution is 2.20. The van der Waals surface area contributed by atoms with Crippen molar-refractivity contribution in [3.05, 3.63) is 28.8 Å². The van der Waals surface area contributed by atoms with Gasteiger partial charge in [-0.15, -0.1) is 12.4 Å². The number of nitrogens with two attached hydrogens (primary N) is 1. The quantitative estimate of drug-likeness (QED) is 0.836. The molecule has 0 fully saturated rings. The minimum absolute atomic E-state index is 0. The molecule has 0 amide bonds. The van der Waals surface area contributed by atoms with Crippen LogP contribution in [0.1, 0.15) is 32.3 Å². The third kappa shape index (κ3) is 4.90. The first-order valence-corrected chi connectivity index (χ1v) is 8.15. The lowest BCUT2D eigenvalue weighted by Gasteiger charge is -2.26. The van der Waals surface area contributed by atoms with E-state index in [0.29, 0.717) is 23.4 Å². The van der Waals surface area contributed by atoms with Crippen molar-refractivity contribution >= 4 is 34.0 Å². The summed E-state index contributed by atoms with van der Waals surface area (Å²) in [6.07, 6.45) is 1.43. The second-order valence-corrected chi connectivity index (χ2v) is 6.98. The Balaban J connectivity index is 0.00000361. The molecule has 0 heterocycles. The van der Waals surface area contributed by atoms with Crippen molar-refractivity contribution in [1.82, 2.24) is 4.72 Å². The van der Waals surface area contributed by atoms with Crippen LogP contribution in [0.2, 0.25) is 5.02 Å². The number of nitrogens with one attached hydrogen (secondary N) is 1. The Bertz CT molecular complexity index is 543. The van der Waals surface area contributed by atoms with Crippen LogP contribution in [-0.4, -0.2) is 20.5 Å². The molecule has 0 atom stereocenters. The van der Waals surface area contributed by atoms with Gasteiger partial charge in [-0.2, -0.15) is 0 Å². The number of benzene rings is 1. The second-order valence-electron chi connectivity index (χ2n) is 4.80. The molecule has 20 heavy (non-hydrogen) atoms. The van der Waals surface area contributed by atoms with E-state index in [1.807, 2.05) is 13.8 Å². The van der Waals surface area contributed by atoms with Gasteiger partial charge >= 0.3 is 0 Å². The van der Waals surface area contributed by atoms with E-state index >= 15 is 0 Å². The van der Waals surface area contributed by atoms with Crippen LogP contribution in [0.4, 0.5) is 0 Å². The SMILES string of the molecule is CCC(N)(CC)CNS(=O)(=O)c1ccc(Cl)cc1C.Cl. The molecule has 0 aliphatic rings. The van der Waals surface area contributed by atoms with E-state index < -0.39 is 15.6 Å². The maximum atomic E-state index is 12.2. The first kappa shape index (κ1) is 19.7. The molecule has 116 valence electrons. The third-order valence-corrected chi connectivity index (χ3v) is 5.25. The summed E-state index contributed by atoms with van der Waals surface area (Å²) in [4.78, 5) is 0.242. The summed E-state index contributed by atoms with van der Waals surface area (Å²) in [5.41, 5.74) is 6.21. The average Bonchev–Trinajstić information content (AvgIpc) is 2.35. The number of halogens is 2. The van der Waals surface area contributed by atoms with E-state index in [1.54, 1.807) is 19.1 Å². The van der Waals surface area contributed by atoms with Crippen molar-refractivity contribution < 1.29 is 8.42 Å². The van der Waals surface area contributed by atoms with Gasteiger partial charge in [-0.05, 0) is 43.5 Å². The molecular weight excluding hydrogens is 319 g/mol. The van der Waals surface area contributed by atoms with Gasteiger partial charge in [0.15, 0.2) is 0 Å². The fraction of sp³-hybridized carbons (Fsp3) is 0.538. The number of aryl methyl sites for hydroxylation is 1. The van der Waals surface area contributed by atoms with Crippen molar-refractivity contribution in [2.24, 2.45) is 5.73 Å². The normalized spacial score (nSPS) is 12.1. The van der Waals surface area contributed by atoms with Crippen LogP contribution in [-0.2, 0) is 10.0 Å². The molecule has 0 aliphatic heterocycles. The Morgan fingerprint density at radius 2 is 1.85 bits per heavy atom. The molecule has 0 saturated carbocycles. The fourth-order valence-electron chi connectivity index (χ4n) is 1.73. The van der Waals surface area contributed by atoms with E-state index in [4.69, 9.17) is 17.3 Å². The zero-order chi connectivity index (χ0) is 14.7. The van der Waals surface area contributed by atoms with Crippen LogP contribution in [0, 0.1) is 6.92 Å². The first-order chi connectivity index (χ1) is 8.74. The predicted octanol–water partition coefficient (Wildman–Crippen LogP) is 2.87. The summed E-state index contributed by atoms with van der Waals surface area (Å²) in [7, 11) is -3.55. The van der Waals surface area contributed by atoms with Crippen molar-refractivity contribution in [3.8, 4) is 0 Å². The van der Waals surface area contributed by atoms with E-state index in [-0.39, 0.29) is 23.8 Å². The average molecular weight is 341 g/mol. The smallest absolute Gasteiger partial charge is 0.240 e. The Morgan fingerprint density at radius 3 is 2.30 bits per heavy atom. The van der Waals surface area contributed by atoms with Crippen molar-refractivity contribution in [1.29, 1.82) is 0 Å². The highest BCUT2D eigenvalue weighted by molar-refractivity contribution is 7.89. The predicted molar refractivity (Wildman–Crippen MR) is 86.1 cm³/mol. The number of sulfonamides is 1. The van der Waals surface area contributed by atoms with Crippen LogP contribution < -0.4 is 10.5 Å². The van der Waals surface area contributed by atoms with E-state index in [9.17, 15) is 8.42 Å². The molecule has 0 radical (unpaired) electrons. The maximum absolute atomic E-state index is 12.2. The second kappa shape index (κ2) is 7.61. The summed E-state index contributed by atoms with van der Waals surface area (Å²) in [5.74, 6) is 0. The topological polar surface area (TPSA) is 72.2 Å². The third-order valence-electron chi connectivity index (χ3n) is 3.45. The molecule has 0 unspecified atom stereocenters. The van der Waals surface area contributed by atoms with Crippen molar-refractivity contribution in [3.63, 3.8) is 0 Å². The first-order valence-electron chi connectivity index (χ1n) is 6.29. The minimum Gasteiger partial charge on any atom is -0.324 e. The molecule has 1 rings (SSSR count). The molecule has 0 aromatic heterocycles. The van der Waals surface area contributed by atoms with E-state index in [0.717, 1.165) is 0 Å². The van der Waals surface area contributed by atoms with Gasteiger partial charge in [0, 0.05) is 17.1 Å². The number of hydrogen-bond acceptors (Lipinski definition) is 3. The summed E-state index contributed by atoms with van der Waals surface area (Å²) in [5, 5.41) is 0.520. The lowest BCUT2D eigenvalue weighted by Crippen LogP contribution is -2.49. The fourth-order valence-corrected chi connectivity index (χ4v) is 3.32. The van der Waals surface area contributed by atoms with Gasteiger partial charge in [0.2, 0.25) is 10.0 Å². The van der Waals surface area contributed by atoms with Gasteiger partial charge in [0.1, 0.15) is 0 Å². The Hall–Kier alpha value is -0.330. The van der Waals surface area contributed by atoms with Crippen LogP contribution in [0.15, 0.2) is 23.1 Å². The van der Waals surface area contributed by atoms with Crippen molar-refractivity contribution in [2.75, 3.05) is 6.54 Å². The molecule has 0 aliphatic carbocycles. The molecule has 3 N–H and O–H groups in total. The van der Waals surface area contributed by atoms with Gasteiger partial charge in [0.05, 0.1) is 4.90 Å². The highest BCUT2D eigenvalue weighted by Gasteiger charge is 2.24. The molecule has 4 nitrogen and oxygen atoms in total. The lowest BCUT2D eigenvalue weighted by atomic mass is 9.95. The molecule has 0 bridgehead atoms. The summed E-state index contributed by atoms with van der Waals surface area (Å²) in [6.45, 7) is 5.84. The number of rotatable bonds is 6. The monoisotopic (exact) mass is 340 g/mol. The van der Waals surface area contributed by atoms with Gasteiger partial charge in [-0.3, -0.25) is 0 Å². The number of hydrogen-bond donors (Lipinski definition) is 2. The van der Waals surface area contributed by atoms with Crippen molar-refractivity contribution in [2.45, 2.75) is 44.0 Å².